The van der Waals surface area contributed by atoms with Crippen LogP contribution in [0.3, 0.4) is 0 Å². The van der Waals surface area contributed by atoms with Crippen molar-refractivity contribution < 1.29 is 4.74 Å². The van der Waals surface area contributed by atoms with Crippen LogP contribution in [0.2, 0.25) is 0 Å². The van der Waals surface area contributed by atoms with Crippen molar-refractivity contribution in [3.05, 3.63) is 29.3 Å². The molecule has 1 aromatic rings. The van der Waals surface area contributed by atoms with Gasteiger partial charge in [0.25, 0.3) is 0 Å². The zero-order valence-corrected chi connectivity index (χ0v) is 9.12. The summed E-state index contributed by atoms with van der Waals surface area (Å²) in [6, 6.07) is 6.14. The summed E-state index contributed by atoms with van der Waals surface area (Å²) in [4.78, 5) is 0. The molecule has 0 fully saturated rings. The van der Waals surface area contributed by atoms with Crippen molar-refractivity contribution in [3.63, 3.8) is 0 Å². The molecular formula is C12H18N2O. The number of aryl methyl sites for hydroxylation is 1. The maximum Gasteiger partial charge on any atom is 0.122 e. The van der Waals surface area contributed by atoms with Crippen molar-refractivity contribution in [1.82, 2.24) is 0 Å². The van der Waals surface area contributed by atoms with E-state index in [9.17, 15) is 0 Å². The van der Waals surface area contributed by atoms with Gasteiger partial charge in [0, 0.05) is 6.54 Å². The van der Waals surface area contributed by atoms with Gasteiger partial charge in [-0.25, -0.2) is 0 Å². The van der Waals surface area contributed by atoms with E-state index in [0.717, 1.165) is 30.8 Å². The fourth-order valence-electron chi connectivity index (χ4n) is 1.83. The first-order valence-corrected chi connectivity index (χ1v) is 5.38. The fraction of sp³-hybridized carbons (Fsp3) is 0.500. The number of nitrogens with two attached hydrogens (primary N) is 2. The summed E-state index contributed by atoms with van der Waals surface area (Å²) in [6.45, 7) is 3.23. The molecular weight excluding hydrogens is 188 g/mol. The molecule has 0 aliphatic carbocycles. The van der Waals surface area contributed by atoms with Crippen LogP contribution >= 0.6 is 0 Å². The molecule has 1 aliphatic heterocycles. The Bertz CT molecular complexity index is 361. The smallest absolute Gasteiger partial charge is 0.122 e. The van der Waals surface area contributed by atoms with Crippen molar-refractivity contribution in [2.75, 3.05) is 13.2 Å². The van der Waals surface area contributed by atoms with E-state index in [2.05, 4.69) is 6.07 Å². The van der Waals surface area contributed by atoms with E-state index in [0.29, 0.717) is 6.54 Å². The molecule has 0 aromatic heterocycles. The lowest BCUT2D eigenvalue weighted by molar-refractivity contribution is 0.288. The zero-order chi connectivity index (χ0) is 10.9. The molecule has 1 aliphatic rings. The normalized spacial score (nSPS) is 18.9. The van der Waals surface area contributed by atoms with E-state index in [1.54, 1.807) is 0 Å². The second kappa shape index (κ2) is 3.83. The molecule has 4 N–H and O–H groups in total. The largest absolute Gasteiger partial charge is 0.493 e. The summed E-state index contributed by atoms with van der Waals surface area (Å²) >= 11 is 0. The summed E-state index contributed by atoms with van der Waals surface area (Å²) in [5.41, 5.74) is 13.7. The first-order chi connectivity index (χ1) is 7.13. The first-order valence-electron chi connectivity index (χ1n) is 5.38. The molecule has 1 aromatic carbocycles. The Morgan fingerprint density at radius 3 is 3.00 bits per heavy atom. The molecule has 1 heterocycles. The highest BCUT2D eigenvalue weighted by Crippen LogP contribution is 2.28. The van der Waals surface area contributed by atoms with E-state index >= 15 is 0 Å². The molecule has 0 amide bonds. The number of hydrogen-bond acceptors (Lipinski definition) is 3. The van der Waals surface area contributed by atoms with Crippen LogP contribution < -0.4 is 16.2 Å². The van der Waals surface area contributed by atoms with Gasteiger partial charge in [-0.15, -0.1) is 0 Å². The minimum atomic E-state index is -0.438. The Morgan fingerprint density at radius 1 is 1.47 bits per heavy atom. The lowest BCUT2D eigenvalue weighted by Crippen LogP contribution is -2.40. The van der Waals surface area contributed by atoms with E-state index in [1.807, 2.05) is 19.1 Å². The molecule has 3 heteroatoms. The molecule has 1 atom stereocenters. The number of fused-ring (bicyclic) bond motifs is 1. The minimum Gasteiger partial charge on any atom is -0.493 e. The van der Waals surface area contributed by atoms with Gasteiger partial charge in [-0.05, 0) is 37.0 Å². The summed E-state index contributed by atoms with van der Waals surface area (Å²) < 4.78 is 5.55. The van der Waals surface area contributed by atoms with Crippen LogP contribution in [-0.2, 0) is 12.0 Å². The maximum absolute atomic E-state index is 6.10. The van der Waals surface area contributed by atoms with E-state index < -0.39 is 5.54 Å². The number of ether oxygens (including phenoxy) is 1. The van der Waals surface area contributed by atoms with Gasteiger partial charge in [0.2, 0.25) is 0 Å². The highest BCUT2D eigenvalue weighted by Gasteiger charge is 2.21. The molecule has 0 bridgehead atoms. The Labute approximate surface area is 90.4 Å². The average Bonchev–Trinajstić information content (AvgIpc) is 2.28. The van der Waals surface area contributed by atoms with Gasteiger partial charge in [-0.3, -0.25) is 0 Å². The van der Waals surface area contributed by atoms with Gasteiger partial charge in [0.1, 0.15) is 5.75 Å². The lowest BCUT2D eigenvalue weighted by atomic mass is 9.90. The molecule has 82 valence electrons. The SMILES string of the molecule is CC(N)(CN)c1ccc2c(c1)CCCO2. The second-order valence-corrected chi connectivity index (χ2v) is 4.40. The summed E-state index contributed by atoms with van der Waals surface area (Å²) in [7, 11) is 0. The van der Waals surface area contributed by atoms with Gasteiger partial charge in [0.05, 0.1) is 12.1 Å². The number of rotatable bonds is 2. The van der Waals surface area contributed by atoms with Gasteiger partial charge >= 0.3 is 0 Å². The maximum atomic E-state index is 6.10. The van der Waals surface area contributed by atoms with Crippen LogP contribution in [0.5, 0.6) is 5.75 Å². The van der Waals surface area contributed by atoms with Crippen molar-refractivity contribution in [2.45, 2.75) is 25.3 Å². The summed E-state index contributed by atoms with van der Waals surface area (Å²) in [5, 5.41) is 0. The van der Waals surface area contributed by atoms with Crippen molar-refractivity contribution >= 4 is 0 Å². The fourth-order valence-corrected chi connectivity index (χ4v) is 1.83. The van der Waals surface area contributed by atoms with Gasteiger partial charge in [-0.1, -0.05) is 12.1 Å². The zero-order valence-electron chi connectivity index (χ0n) is 9.12. The highest BCUT2D eigenvalue weighted by atomic mass is 16.5. The predicted octanol–water partition coefficient (Wildman–Crippen LogP) is 1.14. The van der Waals surface area contributed by atoms with Crippen molar-refractivity contribution in [1.29, 1.82) is 0 Å². The van der Waals surface area contributed by atoms with E-state index in [1.165, 1.54) is 5.56 Å². The monoisotopic (exact) mass is 206 g/mol. The van der Waals surface area contributed by atoms with Crippen molar-refractivity contribution in [2.24, 2.45) is 11.5 Å². The molecule has 0 saturated heterocycles. The average molecular weight is 206 g/mol. The Kier molecular flexibility index (Phi) is 2.67. The molecule has 0 saturated carbocycles. The van der Waals surface area contributed by atoms with Crippen LogP contribution in [0.15, 0.2) is 18.2 Å². The predicted molar refractivity (Wildman–Crippen MR) is 60.9 cm³/mol. The van der Waals surface area contributed by atoms with Gasteiger partial charge < -0.3 is 16.2 Å². The Morgan fingerprint density at radius 2 is 2.27 bits per heavy atom. The summed E-state index contributed by atoms with van der Waals surface area (Å²) in [5.74, 6) is 0.998. The standard InChI is InChI=1S/C12H18N2O/c1-12(14,8-13)10-4-5-11-9(7-10)3-2-6-15-11/h4-5,7H,2-3,6,8,13-14H2,1H3. The lowest BCUT2D eigenvalue weighted by Gasteiger charge is -2.25. The van der Waals surface area contributed by atoms with E-state index in [4.69, 9.17) is 16.2 Å². The van der Waals surface area contributed by atoms with Crippen LogP contribution in [0.25, 0.3) is 0 Å². The molecule has 0 spiro atoms. The molecule has 15 heavy (non-hydrogen) atoms. The third kappa shape index (κ3) is 1.98. The Balaban J connectivity index is 2.36. The number of hydrogen-bond donors (Lipinski definition) is 2. The highest BCUT2D eigenvalue weighted by molar-refractivity contribution is 5.40. The third-order valence-corrected chi connectivity index (χ3v) is 2.99. The van der Waals surface area contributed by atoms with Gasteiger partial charge in [0.15, 0.2) is 0 Å². The molecule has 1 unspecified atom stereocenters. The molecule has 2 rings (SSSR count). The quantitative estimate of drug-likeness (QED) is 0.763. The Hall–Kier alpha value is -1.06. The number of benzene rings is 1. The second-order valence-electron chi connectivity index (χ2n) is 4.40. The third-order valence-electron chi connectivity index (χ3n) is 2.99. The molecule has 0 radical (unpaired) electrons. The van der Waals surface area contributed by atoms with Crippen molar-refractivity contribution in [3.8, 4) is 5.75 Å². The van der Waals surface area contributed by atoms with Crippen LogP contribution in [-0.4, -0.2) is 13.2 Å². The minimum absolute atomic E-state index is 0.438. The van der Waals surface area contributed by atoms with Crippen LogP contribution in [0, 0.1) is 0 Å². The van der Waals surface area contributed by atoms with E-state index in [-0.39, 0.29) is 0 Å². The van der Waals surface area contributed by atoms with Crippen LogP contribution in [0.1, 0.15) is 24.5 Å². The topological polar surface area (TPSA) is 61.3 Å². The van der Waals surface area contributed by atoms with Crippen LogP contribution in [0.4, 0.5) is 0 Å². The molecule has 3 nitrogen and oxygen atoms in total. The van der Waals surface area contributed by atoms with Gasteiger partial charge in [-0.2, -0.15) is 0 Å². The summed E-state index contributed by atoms with van der Waals surface area (Å²) in [6.07, 6.45) is 2.16. The first kappa shape index (κ1) is 10.5.